The Morgan fingerprint density at radius 2 is 1.86 bits per heavy atom. The fourth-order valence-corrected chi connectivity index (χ4v) is 7.55. The standard InChI is InChI=1S/C20H32O/c1-18(2)8-4-9-19(3)16(18)7-10-20-11-14(5-6-17(19)20)15(12-20)13-21/h12,14,16-17,21H,4-11,13H2,1-3H3/t14-,16+,17-,19+,20-/m0/s1. The Morgan fingerprint density at radius 1 is 1.05 bits per heavy atom. The van der Waals surface area contributed by atoms with Crippen molar-refractivity contribution < 1.29 is 5.11 Å². The number of aliphatic hydroxyl groups excluding tert-OH is 1. The maximum atomic E-state index is 9.71. The Hall–Kier alpha value is -0.300. The van der Waals surface area contributed by atoms with Gasteiger partial charge in [0.05, 0.1) is 6.61 Å². The normalized spacial score (nSPS) is 51.0. The van der Waals surface area contributed by atoms with Crippen LogP contribution in [-0.2, 0) is 0 Å². The van der Waals surface area contributed by atoms with Gasteiger partial charge in [0, 0.05) is 0 Å². The van der Waals surface area contributed by atoms with Crippen LogP contribution < -0.4 is 0 Å². The molecule has 2 bridgehead atoms. The van der Waals surface area contributed by atoms with Gasteiger partial charge in [0.1, 0.15) is 0 Å². The molecule has 0 aromatic carbocycles. The van der Waals surface area contributed by atoms with Crippen molar-refractivity contribution in [3.05, 3.63) is 11.6 Å². The lowest BCUT2D eigenvalue weighted by Crippen LogP contribution is -2.55. The minimum absolute atomic E-state index is 0.310. The molecular formula is C20H32O. The van der Waals surface area contributed by atoms with Gasteiger partial charge in [-0.2, -0.15) is 0 Å². The summed E-state index contributed by atoms with van der Waals surface area (Å²) < 4.78 is 0. The molecule has 1 heteroatoms. The highest BCUT2D eigenvalue weighted by atomic mass is 16.3. The van der Waals surface area contributed by atoms with Gasteiger partial charge in [-0.3, -0.25) is 0 Å². The first-order chi connectivity index (χ1) is 9.91. The molecule has 5 atom stereocenters. The molecule has 0 aromatic rings. The first kappa shape index (κ1) is 14.3. The molecule has 0 unspecified atom stereocenters. The van der Waals surface area contributed by atoms with E-state index in [0.717, 1.165) is 11.8 Å². The molecule has 4 aliphatic carbocycles. The Balaban J connectivity index is 1.74. The molecule has 1 nitrogen and oxygen atoms in total. The molecule has 118 valence electrons. The third-order valence-electron chi connectivity index (χ3n) is 8.27. The fraction of sp³-hybridized carbons (Fsp3) is 0.900. The van der Waals surface area contributed by atoms with Crippen molar-refractivity contribution in [3.8, 4) is 0 Å². The highest BCUT2D eigenvalue weighted by Gasteiger charge is 2.61. The van der Waals surface area contributed by atoms with Crippen LogP contribution in [0.1, 0.15) is 72.1 Å². The molecule has 1 N–H and O–H groups in total. The number of rotatable bonds is 1. The summed E-state index contributed by atoms with van der Waals surface area (Å²) in [5, 5.41) is 9.71. The lowest BCUT2D eigenvalue weighted by atomic mass is 9.41. The summed E-state index contributed by atoms with van der Waals surface area (Å²) in [4.78, 5) is 0. The van der Waals surface area contributed by atoms with Gasteiger partial charge in [0.2, 0.25) is 0 Å². The first-order valence-electron chi connectivity index (χ1n) is 9.24. The quantitative estimate of drug-likeness (QED) is 0.677. The number of allylic oxidation sites excluding steroid dienone is 1. The van der Waals surface area contributed by atoms with Crippen LogP contribution in [0.25, 0.3) is 0 Å². The molecule has 21 heavy (non-hydrogen) atoms. The maximum Gasteiger partial charge on any atom is 0.0644 e. The van der Waals surface area contributed by atoms with Gasteiger partial charge in [-0.05, 0) is 84.5 Å². The van der Waals surface area contributed by atoms with E-state index in [1.807, 2.05) is 0 Å². The molecule has 1 spiro atoms. The summed E-state index contributed by atoms with van der Waals surface area (Å²) >= 11 is 0. The van der Waals surface area contributed by atoms with Crippen molar-refractivity contribution in [2.75, 3.05) is 6.61 Å². The molecule has 0 amide bonds. The van der Waals surface area contributed by atoms with Gasteiger partial charge in [-0.15, -0.1) is 0 Å². The number of fused-ring (bicyclic) bond motifs is 3. The molecule has 3 fully saturated rings. The van der Waals surface area contributed by atoms with Crippen molar-refractivity contribution in [1.82, 2.24) is 0 Å². The highest BCUT2D eigenvalue weighted by molar-refractivity contribution is 5.28. The lowest BCUT2D eigenvalue weighted by Gasteiger charge is -2.63. The molecule has 4 aliphatic rings. The van der Waals surface area contributed by atoms with E-state index in [9.17, 15) is 5.11 Å². The summed E-state index contributed by atoms with van der Waals surface area (Å²) in [5.41, 5.74) is 2.93. The van der Waals surface area contributed by atoms with Gasteiger partial charge < -0.3 is 5.11 Å². The highest BCUT2D eigenvalue weighted by Crippen LogP contribution is 2.70. The van der Waals surface area contributed by atoms with Crippen molar-refractivity contribution in [2.24, 2.45) is 34.0 Å². The second kappa shape index (κ2) is 4.37. The van der Waals surface area contributed by atoms with Crippen molar-refractivity contribution in [2.45, 2.75) is 72.1 Å². The zero-order valence-electron chi connectivity index (χ0n) is 14.1. The van der Waals surface area contributed by atoms with Gasteiger partial charge in [-0.1, -0.05) is 33.3 Å². The summed E-state index contributed by atoms with van der Waals surface area (Å²) in [6, 6.07) is 0. The summed E-state index contributed by atoms with van der Waals surface area (Å²) in [5.74, 6) is 2.50. The third-order valence-corrected chi connectivity index (χ3v) is 8.27. The topological polar surface area (TPSA) is 20.2 Å². The average molecular weight is 288 g/mol. The van der Waals surface area contributed by atoms with Crippen molar-refractivity contribution in [3.63, 3.8) is 0 Å². The molecule has 0 saturated heterocycles. The minimum Gasteiger partial charge on any atom is -0.392 e. The number of aliphatic hydroxyl groups is 1. The van der Waals surface area contributed by atoms with E-state index in [4.69, 9.17) is 0 Å². The summed E-state index contributed by atoms with van der Waals surface area (Å²) in [7, 11) is 0. The monoisotopic (exact) mass is 288 g/mol. The molecule has 0 heterocycles. The second-order valence-corrected chi connectivity index (χ2v) is 9.58. The van der Waals surface area contributed by atoms with E-state index in [-0.39, 0.29) is 0 Å². The van der Waals surface area contributed by atoms with Crippen LogP contribution in [0.3, 0.4) is 0 Å². The van der Waals surface area contributed by atoms with Gasteiger partial charge >= 0.3 is 0 Å². The second-order valence-electron chi connectivity index (χ2n) is 9.58. The molecule has 4 rings (SSSR count). The van der Waals surface area contributed by atoms with E-state index in [0.29, 0.717) is 28.8 Å². The fourth-order valence-electron chi connectivity index (χ4n) is 7.55. The number of hydrogen-bond donors (Lipinski definition) is 1. The van der Waals surface area contributed by atoms with E-state index in [1.54, 1.807) is 0 Å². The zero-order valence-corrected chi connectivity index (χ0v) is 14.1. The van der Waals surface area contributed by atoms with Crippen LogP contribution in [0.2, 0.25) is 0 Å². The van der Waals surface area contributed by atoms with Crippen molar-refractivity contribution in [1.29, 1.82) is 0 Å². The van der Waals surface area contributed by atoms with Crippen LogP contribution in [0, 0.1) is 34.0 Å². The van der Waals surface area contributed by atoms with Crippen LogP contribution >= 0.6 is 0 Å². The summed E-state index contributed by atoms with van der Waals surface area (Å²) in [6.07, 6.45) is 13.8. The van der Waals surface area contributed by atoms with Crippen molar-refractivity contribution >= 4 is 0 Å². The molecular weight excluding hydrogens is 256 g/mol. The van der Waals surface area contributed by atoms with E-state index < -0.39 is 0 Å². The molecule has 0 aliphatic heterocycles. The van der Waals surface area contributed by atoms with Gasteiger partial charge in [0.15, 0.2) is 0 Å². The smallest absolute Gasteiger partial charge is 0.0644 e. The lowest BCUT2D eigenvalue weighted by molar-refractivity contribution is -0.133. The Labute approximate surface area is 130 Å². The minimum atomic E-state index is 0.310. The maximum absolute atomic E-state index is 9.71. The Morgan fingerprint density at radius 3 is 2.62 bits per heavy atom. The predicted octanol–water partition coefficient (Wildman–Crippen LogP) is 4.95. The van der Waals surface area contributed by atoms with Crippen LogP contribution in [0.5, 0.6) is 0 Å². The average Bonchev–Trinajstić information content (AvgIpc) is 2.68. The van der Waals surface area contributed by atoms with Gasteiger partial charge in [0.25, 0.3) is 0 Å². The third kappa shape index (κ3) is 1.79. The largest absolute Gasteiger partial charge is 0.392 e. The molecule has 0 aromatic heterocycles. The summed E-state index contributed by atoms with van der Waals surface area (Å²) in [6.45, 7) is 8.00. The van der Waals surface area contributed by atoms with Crippen LogP contribution in [0.4, 0.5) is 0 Å². The first-order valence-corrected chi connectivity index (χ1v) is 9.24. The SMILES string of the molecule is CC1(C)CCC[C@]2(C)[C@@H]1CC[C@]13C=C(CO)[C@@H](CC[C@H]12)C3. The van der Waals surface area contributed by atoms with Gasteiger partial charge in [-0.25, -0.2) is 0 Å². The molecule has 3 saturated carbocycles. The van der Waals surface area contributed by atoms with E-state index in [2.05, 4.69) is 26.8 Å². The van der Waals surface area contributed by atoms with E-state index in [1.165, 1.54) is 56.9 Å². The van der Waals surface area contributed by atoms with E-state index >= 15 is 0 Å². The zero-order chi connectivity index (χ0) is 14.9. The number of hydrogen-bond acceptors (Lipinski definition) is 1. The predicted molar refractivity (Wildman–Crippen MR) is 86.9 cm³/mol. The van der Waals surface area contributed by atoms with Crippen LogP contribution in [0.15, 0.2) is 11.6 Å². The molecule has 0 radical (unpaired) electrons. The Kier molecular flexibility index (Phi) is 2.98. The Bertz CT molecular complexity index is 476. The van der Waals surface area contributed by atoms with Crippen LogP contribution in [-0.4, -0.2) is 11.7 Å².